The molecule has 0 bridgehead atoms. The first-order valence-electron chi connectivity index (χ1n) is 10.5. The maximum Gasteiger partial charge on any atom is 0.407 e. The molecule has 0 spiro atoms. The molecule has 164 valence electrons. The largest absolute Gasteiger partial charge is 0.481 e. The van der Waals surface area contributed by atoms with Gasteiger partial charge in [-0.15, -0.1) is 0 Å². The van der Waals surface area contributed by atoms with Crippen molar-refractivity contribution in [3.05, 3.63) is 59.7 Å². The van der Waals surface area contributed by atoms with Crippen LogP contribution in [0, 0.1) is 0 Å². The summed E-state index contributed by atoms with van der Waals surface area (Å²) in [4.78, 5) is 38.1. The number of carboxylic acids is 1. The van der Waals surface area contributed by atoms with Crippen molar-refractivity contribution in [1.82, 2.24) is 10.2 Å². The van der Waals surface area contributed by atoms with Crippen LogP contribution in [-0.4, -0.2) is 53.2 Å². The molecule has 2 amide bonds. The van der Waals surface area contributed by atoms with Gasteiger partial charge in [0.2, 0.25) is 5.91 Å². The predicted octanol–water partition coefficient (Wildman–Crippen LogP) is 3.63. The molecular weight excluding hydrogens is 396 g/mol. The molecule has 0 saturated heterocycles. The van der Waals surface area contributed by atoms with E-state index in [-0.39, 0.29) is 18.6 Å². The first-order chi connectivity index (χ1) is 14.8. The predicted molar refractivity (Wildman–Crippen MR) is 117 cm³/mol. The maximum absolute atomic E-state index is 12.8. The van der Waals surface area contributed by atoms with Crippen molar-refractivity contribution in [3.8, 4) is 11.1 Å². The van der Waals surface area contributed by atoms with E-state index in [9.17, 15) is 19.5 Å². The van der Waals surface area contributed by atoms with Crippen molar-refractivity contribution < 1.29 is 24.2 Å². The van der Waals surface area contributed by atoms with Gasteiger partial charge in [-0.25, -0.2) is 4.79 Å². The highest BCUT2D eigenvalue weighted by molar-refractivity contribution is 5.89. The van der Waals surface area contributed by atoms with Crippen LogP contribution in [0.5, 0.6) is 0 Å². The lowest BCUT2D eigenvalue weighted by atomic mass is 9.98. The molecule has 1 unspecified atom stereocenters. The molecule has 1 atom stereocenters. The van der Waals surface area contributed by atoms with Gasteiger partial charge in [-0.1, -0.05) is 48.5 Å². The number of fused-ring (bicyclic) bond motifs is 3. The van der Waals surface area contributed by atoms with Gasteiger partial charge in [-0.05, 0) is 43.0 Å². The van der Waals surface area contributed by atoms with Crippen LogP contribution < -0.4 is 5.32 Å². The van der Waals surface area contributed by atoms with Crippen LogP contribution in [0.15, 0.2) is 48.5 Å². The van der Waals surface area contributed by atoms with E-state index in [4.69, 9.17) is 4.74 Å². The van der Waals surface area contributed by atoms with Gasteiger partial charge in [0.05, 0.1) is 6.42 Å². The number of carboxylic acid groups (broad SMARTS) is 1. The first-order valence-corrected chi connectivity index (χ1v) is 10.5. The summed E-state index contributed by atoms with van der Waals surface area (Å²) in [5.74, 6) is -1.72. The third-order valence-electron chi connectivity index (χ3n) is 5.56. The van der Waals surface area contributed by atoms with Crippen LogP contribution in [0.1, 0.15) is 44.2 Å². The van der Waals surface area contributed by atoms with Crippen molar-refractivity contribution in [2.45, 2.75) is 45.2 Å². The molecule has 7 nitrogen and oxygen atoms in total. The third kappa shape index (κ3) is 4.87. The second kappa shape index (κ2) is 9.64. The quantitative estimate of drug-likeness (QED) is 0.675. The summed E-state index contributed by atoms with van der Waals surface area (Å²) in [7, 11) is 0. The topological polar surface area (TPSA) is 95.9 Å². The Labute approximate surface area is 182 Å². The number of carbonyl (C=O) groups excluding carboxylic acids is 2. The van der Waals surface area contributed by atoms with E-state index in [0.717, 1.165) is 22.3 Å². The minimum absolute atomic E-state index is 0.0928. The molecule has 0 aliphatic heterocycles. The lowest BCUT2D eigenvalue weighted by Gasteiger charge is -2.29. The zero-order valence-electron chi connectivity index (χ0n) is 18.0. The standard InChI is InChI=1S/C24H28N2O5/c1-4-26(15(2)3)23(29)21(13-22(27)28)25-24(30)31-14-20-18-11-7-5-9-16(18)17-10-6-8-12-19(17)20/h5-12,15,20-21H,4,13-14H2,1-3H3,(H,25,30)(H,27,28). The molecule has 0 fully saturated rings. The highest BCUT2D eigenvalue weighted by Gasteiger charge is 2.31. The summed E-state index contributed by atoms with van der Waals surface area (Å²) >= 11 is 0. The molecule has 2 aromatic carbocycles. The average molecular weight is 424 g/mol. The van der Waals surface area contributed by atoms with Gasteiger partial charge in [0.15, 0.2) is 0 Å². The fraction of sp³-hybridized carbons (Fsp3) is 0.375. The van der Waals surface area contributed by atoms with Gasteiger partial charge >= 0.3 is 12.1 Å². The number of nitrogens with one attached hydrogen (secondary N) is 1. The summed E-state index contributed by atoms with van der Waals surface area (Å²) in [6.45, 7) is 6.00. The number of amides is 2. The van der Waals surface area contributed by atoms with Crippen molar-refractivity contribution in [2.75, 3.05) is 13.2 Å². The molecule has 7 heteroatoms. The molecule has 2 N–H and O–H groups in total. The van der Waals surface area contributed by atoms with E-state index < -0.39 is 30.4 Å². The highest BCUT2D eigenvalue weighted by atomic mass is 16.5. The molecule has 0 heterocycles. The van der Waals surface area contributed by atoms with Crippen LogP contribution in [0.25, 0.3) is 11.1 Å². The Balaban J connectivity index is 1.71. The number of alkyl carbamates (subject to hydrolysis) is 1. The molecule has 0 aromatic heterocycles. The first kappa shape index (κ1) is 22.3. The molecule has 2 aromatic rings. The second-order valence-electron chi connectivity index (χ2n) is 7.84. The van der Waals surface area contributed by atoms with Crippen LogP contribution >= 0.6 is 0 Å². The zero-order chi connectivity index (χ0) is 22.5. The monoisotopic (exact) mass is 424 g/mol. The molecule has 0 radical (unpaired) electrons. The fourth-order valence-electron chi connectivity index (χ4n) is 4.13. The number of aliphatic carboxylic acids is 1. The summed E-state index contributed by atoms with van der Waals surface area (Å²) in [5.41, 5.74) is 4.38. The van der Waals surface area contributed by atoms with E-state index in [1.165, 1.54) is 4.90 Å². The van der Waals surface area contributed by atoms with Crippen LogP contribution in [0.4, 0.5) is 4.79 Å². The van der Waals surface area contributed by atoms with Gasteiger partial charge in [0.25, 0.3) is 0 Å². The number of hydrogen-bond donors (Lipinski definition) is 2. The Kier molecular flexibility index (Phi) is 6.95. The summed E-state index contributed by atoms with van der Waals surface area (Å²) in [6, 6.07) is 14.7. The van der Waals surface area contributed by atoms with E-state index in [0.29, 0.717) is 6.54 Å². The van der Waals surface area contributed by atoms with Gasteiger partial charge in [0.1, 0.15) is 12.6 Å². The van der Waals surface area contributed by atoms with E-state index in [2.05, 4.69) is 5.32 Å². The Morgan fingerprint density at radius 1 is 1.03 bits per heavy atom. The van der Waals surface area contributed by atoms with Crippen LogP contribution in [-0.2, 0) is 14.3 Å². The SMILES string of the molecule is CCN(C(=O)C(CC(=O)O)NC(=O)OCC1c2ccccc2-c2ccccc21)C(C)C. The van der Waals surface area contributed by atoms with Crippen LogP contribution in [0.2, 0.25) is 0 Å². The molecule has 1 aliphatic carbocycles. The van der Waals surface area contributed by atoms with Crippen LogP contribution in [0.3, 0.4) is 0 Å². The summed E-state index contributed by atoms with van der Waals surface area (Å²) in [6.07, 6.45) is -1.31. The Hall–Kier alpha value is -3.35. The molecule has 3 rings (SSSR count). The number of benzene rings is 2. The third-order valence-corrected chi connectivity index (χ3v) is 5.56. The number of rotatable bonds is 8. The lowest BCUT2D eigenvalue weighted by Crippen LogP contribution is -2.51. The van der Waals surface area contributed by atoms with Crippen molar-refractivity contribution in [3.63, 3.8) is 0 Å². The molecule has 1 aliphatic rings. The average Bonchev–Trinajstić information content (AvgIpc) is 3.05. The van der Waals surface area contributed by atoms with Crippen molar-refractivity contribution in [1.29, 1.82) is 0 Å². The molecular formula is C24H28N2O5. The maximum atomic E-state index is 12.8. The van der Waals surface area contributed by atoms with Crippen molar-refractivity contribution in [2.24, 2.45) is 0 Å². The summed E-state index contributed by atoms with van der Waals surface area (Å²) < 4.78 is 5.46. The van der Waals surface area contributed by atoms with E-state index in [1.807, 2.05) is 69.3 Å². The summed E-state index contributed by atoms with van der Waals surface area (Å²) in [5, 5.41) is 11.7. The normalized spacial score (nSPS) is 13.3. The van der Waals surface area contributed by atoms with E-state index in [1.54, 1.807) is 0 Å². The molecule has 31 heavy (non-hydrogen) atoms. The number of likely N-dealkylation sites (N-methyl/N-ethyl adjacent to an activating group) is 1. The Morgan fingerprint density at radius 3 is 2.06 bits per heavy atom. The minimum Gasteiger partial charge on any atom is -0.481 e. The van der Waals surface area contributed by atoms with Gasteiger partial charge in [0, 0.05) is 18.5 Å². The van der Waals surface area contributed by atoms with Gasteiger partial charge < -0.3 is 20.1 Å². The van der Waals surface area contributed by atoms with Gasteiger partial charge in [-0.3, -0.25) is 9.59 Å². The highest BCUT2D eigenvalue weighted by Crippen LogP contribution is 2.44. The number of nitrogens with zero attached hydrogens (tertiary/aromatic N) is 1. The zero-order valence-corrected chi connectivity index (χ0v) is 18.0. The van der Waals surface area contributed by atoms with Crippen molar-refractivity contribution >= 4 is 18.0 Å². The fourth-order valence-corrected chi connectivity index (χ4v) is 4.13. The smallest absolute Gasteiger partial charge is 0.407 e. The Bertz CT molecular complexity index is 926. The second-order valence-corrected chi connectivity index (χ2v) is 7.84. The number of ether oxygens (including phenoxy) is 1. The van der Waals surface area contributed by atoms with Gasteiger partial charge in [-0.2, -0.15) is 0 Å². The molecule has 0 saturated carbocycles. The van der Waals surface area contributed by atoms with E-state index >= 15 is 0 Å². The lowest BCUT2D eigenvalue weighted by molar-refractivity contribution is -0.143. The number of hydrogen-bond acceptors (Lipinski definition) is 4. The Morgan fingerprint density at radius 2 is 1.58 bits per heavy atom. The minimum atomic E-state index is -1.18. The number of carbonyl (C=O) groups is 3.